The molecule has 2 nitrogen and oxygen atoms in total. The largest absolute Gasteiger partial charge is 0.371 e. The summed E-state index contributed by atoms with van der Waals surface area (Å²) in [6, 6.07) is 5.47. The number of ether oxygens (including phenoxy) is 1. The second kappa shape index (κ2) is 5.77. The predicted molar refractivity (Wildman–Crippen MR) is 67.3 cm³/mol. The van der Waals surface area contributed by atoms with E-state index in [1.807, 2.05) is 19.9 Å². The number of hydrogen-bond acceptors (Lipinski definition) is 2. The van der Waals surface area contributed by atoms with Crippen LogP contribution in [0.3, 0.4) is 0 Å². The summed E-state index contributed by atoms with van der Waals surface area (Å²) in [7, 11) is 0. The Morgan fingerprint density at radius 3 is 2.27 bits per heavy atom. The first-order valence-corrected chi connectivity index (χ1v) is 6.18. The van der Waals surface area contributed by atoms with Crippen LogP contribution in [0.5, 0.6) is 0 Å². The van der Waals surface area contributed by atoms with Crippen LogP contribution in [0.2, 0.25) is 0 Å². The lowest BCUT2D eigenvalue weighted by molar-refractivity contribution is 0.0584. The third-order valence-electron chi connectivity index (χ3n) is 1.73. The van der Waals surface area contributed by atoms with Gasteiger partial charge in [0.15, 0.2) is 5.78 Å². The zero-order chi connectivity index (χ0) is 11.4. The van der Waals surface area contributed by atoms with Gasteiger partial charge in [-0.1, -0.05) is 31.9 Å². The van der Waals surface area contributed by atoms with Gasteiger partial charge in [-0.2, -0.15) is 0 Å². The molecule has 0 aliphatic rings. The summed E-state index contributed by atoms with van der Waals surface area (Å²) in [6.07, 6.45) is 0.0737. The number of rotatable bonds is 4. The maximum atomic E-state index is 11.7. The smallest absolute Gasteiger partial charge is 0.188 e. The van der Waals surface area contributed by atoms with E-state index in [1.54, 1.807) is 12.1 Å². The van der Waals surface area contributed by atoms with Crippen molar-refractivity contribution < 1.29 is 9.53 Å². The number of hydrogen-bond donors (Lipinski definition) is 0. The molecule has 0 aliphatic heterocycles. The summed E-state index contributed by atoms with van der Waals surface area (Å²) >= 11 is 6.68. The molecule has 0 saturated heterocycles. The zero-order valence-corrected chi connectivity index (χ0v) is 11.8. The van der Waals surface area contributed by atoms with Gasteiger partial charge in [0.05, 0.1) is 6.10 Å². The summed E-state index contributed by atoms with van der Waals surface area (Å²) in [6.45, 7) is 3.94. The molecule has 4 heteroatoms. The van der Waals surface area contributed by atoms with E-state index in [9.17, 15) is 4.79 Å². The molecule has 0 radical (unpaired) electrons. The van der Waals surface area contributed by atoms with E-state index in [2.05, 4.69) is 31.9 Å². The Morgan fingerprint density at radius 1 is 1.27 bits per heavy atom. The second-order valence-corrected chi connectivity index (χ2v) is 5.27. The molecular weight excluding hydrogens is 324 g/mol. The monoisotopic (exact) mass is 334 g/mol. The molecule has 0 heterocycles. The molecule has 0 bridgehead atoms. The van der Waals surface area contributed by atoms with Crippen LogP contribution in [0.15, 0.2) is 27.1 Å². The van der Waals surface area contributed by atoms with Gasteiger partial charge in [-0.3, -0.25) is 4.79 Å². The minimum Gasteiger partial charge on any atom is -0.371 e. The fraction of sp³-hybridized carbons (Fsp3) is 0.364. The average Bonchev–Trinajstić information content (AvgIpc) is 2.12. The van der Waals surface area contributed by atoms with Gasteiger partial charge in [0.25, 0.3) is 0 Å². The Morgan fingerprint density at radius 2 is 1.80 bits per heavy atom. The lowest BCUT2D eigenvalue weighted by Gasteiger charge is -2.07. The minimum absolute atomic E-state index is 0.00861. The number of ketones is 1. The van der Waals surface area contributed by atoms with E-state index in [0.717, 1.165) is 8.95 Å². The fourth-order valence-corrected chi connectivity index (χ4v) is 2.33. The normalized spacial score (nSPS) is 10.7. The first kappa shape index (κ1) is 12.9. The molecule has 0 atom stereocenters. The Labute approximate surface area is 106 Å². The van der Waals surface area contributed by atoms with E-state index < -0.39 is 0 Å². The van der Waals surface area contributed by atoms with E-state index >= 15 is 0 Å². The summed E-state index contributed by atoms with van der Waals surface area (Å²) < 4.78 is 7.02. The SMILES string of the molecule is CC(C)OCC(=O)c1cc(Br)cc(Br)c1. The van der Waals surface area contributed by atoms with Gasteiger partial charge < -0.3 is 4.74 Å². The highest BCUT2D eigenvalue weighted by Gasteiger charge is 2.08. The number of carbonyl (C=O) groups excluding carboxylic acids is 1. The van der Waals surface area contributed by atoms with Crippen molar-refractivity contribution in [2.75, 3.05) is 6.61 Å². The van der Waals surface area contributed by atoms with Crippen LogP contribution < -0.4 is 0 Å². The van der Waals surface area contributed by atoms with Gasteiger partial charge in [0, 0.05) is 14.5 Å². The highest BCUT2D eigenvalue weighted by molar-refractivity contribution is 9.11. The molecular formula is C11H12Br2O2. The third kappa shape index (κ3) is 4.45. The Balaban J connectivity index is 2.73. The van der Waals surface area contributed by atoms with Crippen molar-refractivity contribution in [3.8, 4) is 0 Å². The molecule has 0 aromatic heterocycles. The van der Waals surface area contributed by atoms with Gasteiger partial charge in [-0.25, -0.2) is 0 Å². The van der Waals surface area contributed by atoms with Crippen LogP contribution in [-0.2, 0) is 4.74 Å². The second-order valence-electron chi connectivity index (χ2n) is 3.44. The van der Waals surface area contributed by atoms with Crippen molar-refractivity contribution in [2.24, 2.45) is 0 Å². The first-order valence-electron chi connectivity index (χ1n) is 4.60. The number of Topliss-reactive ketones (excluding diaryl/α,β-unsaturated/α-hetero) is 1. The standard InChI is InChI=1S/C11H12Br2O2/c1-7(2)15-6-11(14)8-3-9(12)5-10(13)4-8/h3-5,7H,6H2,1-2H3. The fourth-order valence-electron chi connectivity index (χ4n) is 1.04. The van der Waals surface area contributed by atoms with Crippen molar-refractivity contribution in [2.45, 2.75) is 20.0 Å². The Kier molecular flexibility index (Phi) is 4.96. The van der Waals surface area contributed by atoms with Crippen LogP contribution in [0.1, 0.15) is 24.2 Å². The van der Waals surface area contributed by atoms with Crippen LogP contribution >= 0.6 is 31.9 Å². The van der Waals surface area contributed by atoms with Gasteiger partial charge in [-0.15, -0.1) is 0 Å². The van der Waals surface area contributed by atoms with E-state index in [1.165, 1.54) is 0 Å². The Hall–Kier alpha value is -0.190. The lowest BCUT2D eigenvalue weighted by atomic mass is 10.1. The molecule has 1 aromatic rings. The molecule has 0 saturated carbocycles. The van der Waals surface area contributed by atoms with Crippen molar-refractivity contribution >= 4 is 37.6 Å². The van der Waals surface area contributed by atoms with E-state index in [-0.39, 0.29) is 18.5 Å². The van der Waals surface area contributed by atoms with E-state index in [0.29, 0.717) is 5.56 Å². The molecule has 0 unspecified atom stereocenters. The highest BCUT2D eigenvalue weighted by Crippen LogP contribution is 2.20. The average molecular weight is 336 g/mol. The molecule has 82 valence electrons. The number of benzene rings is 1. The summed E-state index contributed by atoms with van der Waals surface area (Å²) in [5.74, 6) is -0.00861. The maximum absolute atomic E-state index is 11.7. The van der Waals surface area contributed by atoms with E-state index in [4.69, 9.17) is 4.74 Å². The number of carbonyl (C=O) groups is 1. The van der Waals surface area contributed by atoms with Crippen molar-refractivity contribution in [1.82, 2.24) is 0 Å². The summed E-state index contributed by atoms with van der Waals surface area (Å²) in [5, 5.41) is 0. The molecule has 1 aromatic carbocycles. The molecule has 0 spiro atoms. The molecule has 0 N–H and O–H groups in total. The first-order chi connectivity index (χ1) is 6.99. The molecule has 0 fully saturated rings. The Bertz CT molecular complexity index is 341. The van der Waals surface area contributed by atoms with Crippen LogP contribution in [0.4, 0.5) is 0 Å². The van der Waals surface area contributed by atoms with Gasteiger partial charge in [0.2, 0.25) is 0 Å². The van der Waals surface area contributed by atoms with Crippen molar-refractivity contribution in [1.29, 1.82) is 0 Å². The highest BCUT2D eigenvalue weighted by atomic mass is 79.9. The summed E-state index contributed by atoms with van der Waals surface area (Å²) in [4.78, 5) is 11.7. The minimum atomic E-state index is -0.00861. The van der Waals surface area contributed by atoms with Crippen molar-refractivity contribution in [3.05, 3.63) is 32.7 Å². The van der Waals surface area contributed by atoms with Crippen LogP contribution in [0, 0.1) is 0 Å². The number of halogens is 2. The maximum Gasteiger partial charge on any atom is 0.188 e. The zero-order valence-electron chi connectivity index (χ0n) is 8.59. The van der Waals surface area contributed by atoms with Gasteiger partial charge in [0.1, 0.15) is 6.61 Å². The third-order valence-corrected chi connectivity index (χ3v) is 2.65. The molecule has 0 aliphatic carbocycles. The molecule has 0 amide bonds. The summed E-state index contributed by atoms with van der Waals surface area (Å²) in [5.41, 5.74) is 0.650. The van der Waals surface area contributed by atoms with Crippen LogP contribution in [-0.4, -0.2) is 18.5 Å². The molecule has 1 rings (SSSR count). The van der Waals surface area contributed by atoms with Crippen LogP contribution in [0.25, 0.3) is 0 Å². The lowest BCUT2D eigenvalue weighted by Crippen LogP contribution is -2.13. The quantitative estimate of drug-likeness (QED) is 0.782. The predicted octanol–water partition coefficient (Wildman–Crippen LogP) is 3.82. The molecule has 15 heavy (non-hydrogen) atoms. The van der Waals surface area contributed by atoms with Gasteiger partial charge in [-0.05, 0) is 32.0 Å². The topological polar surface area (TPSA) is 26.3 Å². The van der Waals surface area contributed by atoms with Gasteiger partial charge >= 0.3 is 0 Å². The van der Waals surface area contributed by atoms with Crippen molar-refractivity contribution in [3.63, 3.8) is 0 Å².